The van der Waals surface area contributed by atoms with Crippen molar-refractivity contribution in [3.63, 3.8) is 0 Å². The minimum Gasteiger partial charge on any atom is -0.455 e. The van der Waals surface area contributed by atoms with Crippen LogP contribution < -0.4 is 9.46 Å². The van der Waals surface area contributed by atoms with Gasteiger partial charge in [0.1, 0.15) is 10.6 Å². The summed E-state index contributed by atoms with van der Waals surface area (Å²) in [6.45, 7) is 0. The molecular formula is C18H13Cl2NO3S. The number of sulfonamides is 1. The van der Waals surface area contributed by atoms with E-state index in [9.17, 15) is 8.42 Å². The SMILES string of the molecule is O=S(=O)(Nc1ccccc1Oc1ccccc1)c1cccc(Cl)c1Cl. The minimum atomic E-state index is -3.93. The number of nitrogens with one attached hydrogen (secondary N) is 1. The molecule has 3 aromatic carbocycles. The summed E-state index contributed by atoms with van der Waals surface area (Å²) >= 11 is 11.9. The molecule has 0 aliphatic rings. The number of ether oxygens (including phenoxy) is 1. The molecule has 0 bridgehead atoms. The Morgan fingerprint density at radius 2 is 1.48 bits per heavy atom. The predicted molar refractivity (Wildman–Crippen MR) is 100 cm³/mol. The van der Waals surface area contributed by atoms with E-state index >= 15 is 0 Å². The fourth-order valence-electron chi connectivity index (χ4n) is 2.15. The lowest BCUT2D eigenvalue weighted by Crippen LogP contribution is -2.14. The number of anilines is 1. The first-order valence-corrected chi connectivity index (χ1v) is 9.50. The van der Waals surface area contributed by atoms with Crippen LogP contribution in [-0.4, -0.2) is 8.42 Å². The molecule has 0 unspecified atom stereocenters. The van der Waals surface area contributed by atoms with Gasteiger partial charge in [0, 0.05) is 0 Å². The monoisotopic (exact) mass is 393 g/mol. The maximum atomic E-state index is 12.7. The first kappa shape index (κ1) is 17.6. The number of para-hydroxylation sites is 3. The summed E-state index contributed by atoms with van der Waals surface area (Å²) in [5, 5.41) is 0.136. The summed E-state index contributed by atoms with van der Waals surface area (Å²) in [6, 6.07) is 20.2. The van der Waals surface area contributed by atoms with Gasteiger partial charge in [0.15, 0.2) is 5.75 Å². The Labute approximate surface area is 156 Å². The molecule has 0 saturated carbocycles. The van der Waals surface area contributed by atoms with Gasteiger partial charge in [-0.1, -0.05) is 59.6 Å². The summed E-state index contributed by atoms with van der Waals surface area (Å²) < 4.78 is 33.6. The number of hydrogen-bond donors (Lipinski definition) is 1. The first-order valence-electron chi connectivity index (χ1n) is 7.26. The van der Waals surface area contributed by atoms with Crippen LogP contribution in [0.5, 0.6) is 11.5 Å². The van der Waals surface area contributed by atoms with E-state index in [1.54, 1.807) is 36.4 Å². The van der Waals surface area contributed by atoms with Crippen LogP contribution in [0.25, 0.3) is 0 Å². The molecule has 0 atom stereocenters. The second kappa shape index (κ2) is 7.35. The maximum absolute atomic E-state index is 12.7. The highest BCUT2D eigenvalue weighted by molar-refractivity contribution is 7.92. The van der Waals surface area contributed by atoms with Gasteiger partial charge in [-0.2, -0.15) is 0 Å². The van der Waals surface area contributed by atoms with Crippen LogP contribution in [-0.2, 0) is 10.0 Å². The van der Waals surface area contributed by atoms with Gasteiger partial charge in [0.2, 0.25) is 0 Å². The van der Waals surface area contributed by atoms with Crippen molar-refractivity contribution < 1.29 is 13.2 Å². The third kappa shape index (κ3) is 4.07. The van der Waals surface area contributed by atoms with E-state index in [4.69, 9.17) is 27.9 Å². The van der Waals surface area contributed by atoms with Gasteiger partial charge in [-0.25, -0.2) is 8.42 Å². The molecule has 0 radical (unpaired) electrons. The van der Waals surface area contributed by atoms with Crippen LogP contribution in [0.4, 0.5) is 5.69 Å². The summed E-state index contributed by atoms with van der Waals surface area (Å²) in [5.41, 5.74) is 0.294. The van der Waals surface area contributed by atoms with E-state index in [1.807, 2.05) is 18.2 Å². The van der Waals surface area contributed by atoms with Crippen LogP contribution in [0.3, 0.4) is 0 Å². The van der Waals surface area contributed by atoms with Crippen molar-refractivity contribution in [2.45, 2.75) is 4.90 Å². The third-order valence-corrected chi connectivity index (χ3v) is 5.65. The third-order valence-electron chi connectivity index (χ3n) is 3.31. The molecule has 7 heteroatoms. The molecule has 1 N–H and O–H groups in total. The van der Waals surface area contributed by atoms with Crippen molar-refractivity contribution in [1.82, 2.24) is 0 Å². The van der Waals surface area contributed by atoms with E-state index in [0.717, 1.165) is 0 Å². The highest BCUT2D eigenvalue weighted by Crippen LogP contribution is 2.34. The van der Waals surface area contributed by atoms with Gasteiger partial charge >= 0.3 is 0 Å². The van der Waals surface area contributed by atoms with Gasteiger partial charge < -0.3 is 4.74 Å². The molecule has 4 nitrogen and oxygen atoms in total. The summed E-state index contributed by atoms with van der Waals surface area (Å²) in [4.78, 5) is -0.101. The van der Waals surface area contributed by atoms with Crippen LogP contribution in [0.2, 0.25) is 10.0 Å². The fourth-order valence-corrected chi connectivity index (χ4v) is 3.98. The van der Waals surface area contributed by atoms with Crippen molar-refractivity contribution in [1.29, 1.82) is 0 Å². The normalized spacial score (nSPS) is 11.1. The zero-order valence-corrected chi connectivity index (χ0v) is 15.1. The fraction of sp³-hybridized carbons (Fsp3) is 0. The van der Waals surface area contributed by atoms with Crippen molar-refractivity contribution in [2.24, 2.45) is 0 Å². The topological polar surface area (TPSA) is 55.4 Å². The molecular weight excluding hydrogens is 381 g/mol. The molecule has 0 fully saturated rings. The average Bonchev–Trinajstić information content (AvgIpc) is 2.59. The molecule has 0 aliphatic heterocycles. The molecule has 3 rings (SSSR count). The largest absolute Gasteiger partial charge is 0.455 e. The van der Waals surface area contributed by atoms with Crippen molar-refractivity contribution in [2.75, 3.05) is 4.72 Å². The molecule has 25 heavy (non-hydrogen) atoms. The lowest BCUT2D eigenvalue weighted by molar-refractivity contribution is 0.485. The Balaban J connectivity index is 1.94. The van der Waals surface area contributed by atoms with Gasteiger partial charge in [-0.15, -0.1) is 0 Å². The van der Waals surface area contributed by atoms with E-state index < -0.39 is 10.0 Å². The number of rotatable bonds is 5. The van der Waals surface area contributed by atoms with Gasteiger partial charge in [0.25, 0.3) is 10.0 Å². The second-order valence-corrected chi connectivity index (χ2v) is 7.50. The molecule has 0 aromatic heterocycles. The molecule has 0 amide bonds. The zero-order valence-electron chi connectivity index (χ0n) is 12.8. The van der Waals surface area contributed by atoms with Gasteiger partial charge in [-0.3, -0.25) is 4.72 Å². The number of hydrogen-bond acceptors (Lipinski definition) is 3. The maximum Gasteiger partial charge on any atom is 0.263 e. The Kier molecular flexibility index (Phi) is 5.18. The summed E-state index contributed by atoms with van der Waals surface area (Å²) in [6.07, 6.45) is 0. The van der Waals surface area contributed by atoms with Crippen molar-refractivity contribution >= 4 is 38.9 Å². The highest BCUT2D eigenvalue weighted by Gasteiger charge is 2.21. The van der Waals surface area contributed by atoms with E-state index in [2.05, 4.69) is 4.72 Å². The molecule has 0 heterocycles. The molecule has 0 spiro atoms. The first-order chi connectivity index (χ1) is 12.0. The summed E-state index contributed by atoms with van der Waals surface area (Å²) in [7, 11) is -3.93. The smallest absolute Gasteiger partial charge is 0.263 e. The van der Waals surface area contributed by atoms with E-state index in [0.29, 0.717) is 17.2 Å². The number of benzene rings is 3. The van der Waals surface area contributed by atoms with Crippen LogP contribution >= 0.6 is 23.2 Å². The Morgan fingerprint density at radius 1 is 0.800 bits per heavy atom. The summed E-state index contributed by atoms with van der Waals surface area (Å²) in [5.74, 6) is 0.963. The second-order valence-electron chi connectivity index (χ2n) is 5.07. The Bertz CT molecular complexity index is 992. The zero-order chi connectivity index (χ0) is 17.9. The lowest BCUT2D eigenvalue weighted by atomic mass is 10.3. The van der Waals surface area contributed by atoms with Crippen molar-refractivity contribution in [3.05, 3.63) is 82.8 Å². The van der Waals surface area contributed by atoms with Crippen molar-refractivity contribution in [3.8, 4) is 11.5 Å². The molecule has 3 aromatic rings. The molecule has 128 valence electrons. The average molecular weight is 394 g/mol. The standard InChI is InChI=1S/C18H13Cl2NO3S/c19-14-9-6-12-17(18(14)20)25(22,23)21-15-10-4-5-11-16(15)24-13-7-2-1-3-8-13/h1-12,21H. The van der Waals surface area contributed by atoms with Gasteiger partial charge in [-0.05, 0) is 36.4 Å². The quantitative estimate of drug-likeness (QED) is 0.614. The van der Waals surface area contributed by atoms with Crippen LogP contribution in [0, 0.1) is 0 Å². The Morgan fingerprint density at radius 3 is 2.24 bits per heavy atom. The van der Waals surface area contributed by atoms with Crippen LogP contribution in [0.1, 0.15) is 0 Å². The lowest BCUT2D eigenvalue weighted by Gasteiger charge is -2.14. The van der Waals surface area contributed by atoms with E-state index in [-0.39, 0.29) is 14.9 Å². The highest BCUT2D eigenvalue weighted by atomic mass is 35.5. The minimum absolute atomic E-state index is 0.0295. The van der Waals surface area contributed by atoms with E-state index in [1.165, 1.54) is 18.2 Å². The molecule has 0 aliphatic carbocycles. The molecule has 0 saturated heterocycles. The number of halogens is 2. The van der Waals surface area contributed by atoms with Gasteiger partial charge in [0.05, 0.1) is 15.7 Å². The van der Waals surface area contributed by atoms with Crippen LogP contribution in [0.15, 0.2) is 77.7 Å². The Hall–Kier alpha value is -2.21. The predicted octanol–water partition coefficient (Wildman–Crippen LogP) is 5.59.